The first kappa shape index (κ1) is 19.1. The van der Waals surface area contributed by atoms with E-state index in [0.717, 1.165) is 18.7 Å². The van der Waals surface area contributed by atoms with Gasteiger partial charge in [-0.05, 0) is 74.0 Å². The lowest BCUT2D eigenvalue weighted by molar-refractivity contribution is -0.132. The number of amides is 1. The van der Waals surface area contributed by atoms with E-state index in [4.69, 9.17) is 4.74 Å². The van der Waals surface area contributed by atoms with Crippen molar-refractivity contribution in [2.24, 2.45) is 0 Å². The molecule has 2 N–H and O–H groups in total. The van der Waals surface area contributed by atoms with Crippen LogP contribution in [0.25, 0.3) is 0 Å². The number of hydrogen-bond acceptors (Lipinski definition) is 4. The normalized spacial score (nSPS) is 15.6. The van der Waals surface area contributed by atoms with Crippen molar-refractivity contribution in [3.8, 4) is 11.5 Å². The second-order valence-corrected chi connectivity index (χ2v) is 7.11. The first-order valence-corrected chi connectivity index (χ1v) is 9.67. The molecule has 3 aromatic rings. The van der Waals surface area contributed by atoms with Gasteiger partial charge in [-0.3, -0.25) is 9.48 Å². The van der Waals surface area contributed by atoms with Gasteiger partial charge in [0, 0.05) is 18.9 Å². The molecule has 0 saturated carbocycles. The zero-order valence-electron chi connectivity index (χ0n) is 16.0. The SMILES string of the molecule is O=C(NCc1ccc(Oc2ccc(F)cc2)cc1)C1(n2cccn2)CCNCC1. The van der Waals surface area contributed by atoms with Gasteiger partial charge in [-0.25, -0.2) is 4.39 Å². The van der Waals surface area contributed by atoms with Crippen LogP contribution in [0.4, 0.5) is 4.39 Å². The van der Waals surface area contributed by atoms with Crippen molar-refractivity contribution < 1.29 is 13.9 Å². The van der Waals surface area contributed by atoms with Crippen molar-refractivity contribution in [2.75, 3.05) is 13.1 Å². The Morgan fingerprint density at radius 2 is 1.76 bits per heavy atom. The standard InChI is InChI=1S/C22H23FN4O2/c23-18-4-8-20(9-5-18)29-19-6-2-17(3-7-19)16-25-21(28)22(10-13-24-14-11-22)27-15-1-12-26-27/h1-9,12,15,24H,10-11,13-14,16H2,(H,25,28). The van der Waals surface area contributed by atoms with Crippen LogP contribution >= 0.6 is 0 Å². The summed E-state index contributed by atoms with van der Waals surface area (Å²) in [5.74, 6) is 0.900. The van der Waals surface area contributed by atoms with Crippen molar-refractivity contribution in [2.45, 2.75) is 24.9 Å². The average molecular weight is 394 g/mol. The minimum absolute atomic E-state index is 0.0191. The Hall–Kier alpha value is -3.19. The topological polar surface area (TPSA) is 68.2 Å². The Kier molecular flexibility index (Phi) is 5.57. The highest BCUT2D eigenvalue weighted by Crippen LogP contribution is 2.27. The van der Waals surface area contributed by atoms with Crippen molar-refractivity contribution >= 4 is 5.91 Å². The lowest BCUT2D eigenvalue weighted by atomic mass is 9.87. The quantitative estimate of drug-likeness (QED) is 0.674. The number of aromatic nitrogens is 2. The summed E-state index contributed by atoms with van der Waals surface area (Å²) in [4.78, 5) is 13.1. The Bertz CT molecular complexity index is 934. The predicted molar refractivity (Wildman–Crippen MR) is 107 cm³/mol. The zero-order chi connectivity index (χ0) is 20.1. The summed E-state index contributed by atoms with van der Waals surface area (Å²) in [6.45, 7) is 1.98. The van der Waals surface area contributed by atoms with E-state index in [-0.39, 0.29) is 11.7 Å². The first-order chi connectivity index (χ1) is 14.2. The van der Waals surface area contributed by atoms with Gasteiger partial charge < -0.3 is 15.4 Å². The largest absolute Gasteiger partial charge is 0.457 e. The van der Waals surface area contributed by atoms with E-state index in [0.29, 0.717) is 30.9 Å². The van der Waals surface area contributed by atoms with Crippen LogP contribution in [0.15, 0.2) is 67.0 Å². The molecule has 6 nitrogen and oxygen atoms in total. The van der Waals surface area contributed by atoms with Crippen LogP contribution in [0.1, 0.15) is 18.4 Å². The molecule has 7 heteroatoms. The highest BCUT2D eigenvalue weighted by molar-refractivity contribution is 5.84. The number of halogens is 1. The summed E-state index contributed by atoms with van der Waals surface area (Å²) < 4.78 is 20.5. The fraction of sp³-hybridized carbons (Fsp3) is 0.273. The molecule has 1 fully saturated rings. The van der Waals surface area contributed by atoms with Crippen LogP contribution in [-0.4, -0.2) is 28.8 Å². The lowest BCUT2D eigenvalue weighted by Crippen LogP contribution is -2.54. The van der Waals surface area contributed by atoms with Crippen molar-refractivity contribution in [3.05, 3.63) is 78.4 Å². The number of rotatable bonds is 6. The van der Waals surface area contributed by atoms with Gasteiger partial charge in [0.2, 0.25) is 5.91 Å². The van der Waals surface area contributed by atoms with E-state index >= 15 is 0 Å². The summed E-state index contributed by atoms with van der Waals surface area (Å²) in [5, 5.41) is 10.7. The third kappa shape index (κ3) is 4.30. The summed E-state index contributed by atoms with van der Waals surface area (Å²) in [5.41, 5.74) is 0.315. The Morgan fingerprint density at radius 3 is 2.38 bits per heavy atom. The fourth-order valence-electron chi connectivity index (χ4n) is 3.58. The maximum atomic E-state index is 13.1. The van der Waals surface area contributed by atoms with E-state index in [1.54, 1.807) is 23.0 Å². The average Bonchev–Trinajstić information content (AvgIpc) is 3.31. The van der Waals surface area contributed by atoms with Gasteiger partial charge in [-0.2, -0.15) is 5.10 Å². The van der Waals surface area contributed by atoms with E-state index in [1.165, 1.54) is 12.1 Å². The number of benzene rings is 2. The molecule has 1 aliphatic rings. The number of hydrogen-bond donors (Lipinski definition) is 2. The molecule has 0 unspecified atom stereocenters. The number of ether oxygens (including phenoxy) is 1. The summed E-state index contributed by atoms with van der Waals surface area (Å²) in [6, 6.07) is 15.2. The van der Waals surface area contributed by atoms with Crippen LogP contribution in [0.5, 0.6) is 11.5 Å². The van der Waals surface area contributed by atoms with Crippen molar-refractivity contribution in [3.63, 3.8) is 0 Å². The van der Waals surface area contributed by atoms with Crippen LogP contribution < -0.4 is 15.4 Å². The van der Waals surface area contributed by atoms with Crippen LogP contribution in [-0.2, 0) is 16.9 Å². The van der Waals surface area contributed by atoms with Gasteiger partial charge in [0.05, 0.1) is 0 Å². The molecule has 1 amide bonds. The highest BCUT2D eigenvalue weighted by Gasteiger charge is 2.41. The minimum Gasteiger partial charge on any atom is -0.457 e. The van der Waals surface area contributed by atoms with Crippen molar-refractivity contribution in [1.29, 1.82) is 0 Å². The van der Waals surface area contributed by atoms with E-state index < -0.39 is 5.54 Å². The molecule has 0 radical (unpaired) electrons. The lowest BCUT2D eigenvalue weighted by Gasteiger charge is -2.36. The van der Waals surface area contributed by atoms with E-state index in [1.807, 2.05) is 36.5 Å². The molecule has 1 saturated heterocycles. The molecule has 1 aromatic heterocycles. The molecule has 29 heavy (non-hydrogen) atoms. The first-order valence-electron chi connectivity index (χ1n) is 9.67. The molecule has 4 rings (SSSR count). The molecule has 150 valence electrons. The van der Waals surface area contributed by atoms with Gasteiger partial charge in [0.25, 0.3) is 0 Å². The van der Waals surface area contributed by atoms with Gasteiger partial charge in [0.15, 0.2) is 0 Å². The fourth-order valence-corrected chi connectivity index (χ4v) is 3.58. The second-order valence-electron chi connectivity index (χ2n) is 7.11. The molecule has 0 atom stereocenters. The van der Waals surface area contributed by atoms with Gasteiger partial charge in [-0.15, -0.1) is 0 Å². The maximum absolute atomic E-state index is 13.1. The van der Waals surface area contributed by atoms with E-state index in [2.05, 4.69) is 15.7 Å². The molecule has 1 aliphatic heterocycles. The van der Waals surface area contributed by atoms with Crippen LogP contribution in [0.3, 0.4) is 0 Å². The van der Waals surface area contributed by atoms with Gasteiger partial charge >= 0.3 is 0 Å². The number of carbonyl (C=O) groups excluding carboxylic acids is 1. The predicted octanol–water partition coefficient (Wildman–Crippen LogP) is 3.21. The smallest absolute Gasteiger partial charge is 0.248 e. The minimum atomic E-state index is -0.652. The summed E-state index contributed by atoms with van der Waals surface area (Å²) >= 11 is 0. The summed E-state index contributed by atoms with van der Waals surface area (Å²) in [6.07, 6.45) is 4.96. The molecule has 0 spiro atoms. The number of piperidine rings is 1. The highest BCUT2D eigenvalue weighted by atomic mass is 19.1. The Labute approximate surface area is 168 Å². The molecule has 2 aromatic carbocycles. The van der Waals surface area contributed by atoms with Crippen LogP contribution in [0.2, 0.25) is 0 Å². The third-order valence-corrected chi connectivity index (χ3v) is 5.22. The second kappa shape index (κ2) is 8.45. The number of nitrogens with zero attached hydrogens (tertiary/aromatic N) is 2. The third-order valence-electron chi connectivity index (χ3n) is 5.22. The molecule has 0 aliphatic carbocycles. The summed E-state index contributed by atoms with van der Waals surface area (Å²) in [7, 11) is 0. The van der Waals surface area contributed by atoms with Gasteiger partial charge in [0.1, 0.15) is 22.9 Å². The Balaban J connectivity index is 1.39. The molecular formula is C22H23FN4O2. The van der Waals surface area contributed by atoms with E-state index in [9.17, 15) is 9.18 Å². The number of nitrogens with one attached hydrogen (secondary N) is 2. The van der Waals surface area contributed by atoms with Gasteiger partial charge in [-0.1, -0.05) is 12.1 Å². The van der Waals surface area contributed by atoms with Crippen LogP contribution in [0, 0.1) is 5.82 Å². The number of carbonyl (C=O) groups is 1. The van der Waals surface area contributed by atoms with Crippen molar-refractivity contribution in [1.82, 2.24) is 20.4 Å². The molecule has 2 heterocycles. The Morgan fingerprint density at radius 1 is 1.10 bits per heavy atom. The molecular weight excluding hydrogens is 371 g/mol. The molecule has 0 bridgehead atoms. The monoisotopic (exact) mass is 394 g/mol. The maximum Gasteiger partial charge on any atom is 0.248 e. The zero-order valence-corrected chi connectivity index (χ0v) is 16.0.